The first kappa shape index (κ1) is 31.5. The first-order valence-electron chi connectivity index (χ1n) is 11.8. The largest absolute Gasteiger partial charge is 0.394 e. The van der Waals surface area contributed by atoms with Gasteiger partial charge in [-0.15, -0.1) is 0 Å². The molecule has 2 N–H and O–H groups in total. The summed E-state index contributed by atoms with van der Waals surface area (Å²) < 4.78 is 54.1. The zero-order valence-electron chi connectivity index (χ0n) is 20.7. The summed E-state index contributed by atoms with van der Waals surface area (Å²) in [6, 6.07) is 0. The van der Waals surface area contributed by atoms with E-state index < -0.39 is 12.1 Å². The maximum Gasteiger partial charge on any atom is 0.180 e. The monoisotopic (exact) mass is 500 g/mol. The number of rotatable bonds is 25. The summed E-state index contributed by atoms with van der Waals surface area (Å²) >= 11 is 0. The molecule has 204 valence electrons. The van der Waals surface area contributed by atoms with Gasteiger partial charge in [-0.25, -0.2) is 0 Å². The Balaban J connectivity index is 1.75. The molecule has 0 spiro atoms. The molecule has 0 aliphatic carbocycles. The van der Waals surface area contributed by atoms with E-state index in [1.54, 1.807) is 0 Å². The number of ether oxygens (including phenoxy) is 10. The fourth-order valence-corrected chi connectivity index (χ4v) is 2.72. The van der Waals surface area contributed by atoms with Crippen molar-refractivity contribution in [1.82, 2.24) is 0 Å². The van der Waals surface area contributed by atoms with Crippen molar-refractivity contribution in [3.8, 4) is 0 Å². The Labute approximate surface area is 202 Å². The molecule has 0 amide bonds. The van der Waals surface area contributed by atoms with Crippen LogP contribution in [0.25, 0.3) is 0 Å². The van der Waals surface area contributed by atoms with Gasteiger partial charge < -0.3 is 57.6 Å². The highest BCUT2D eigenvalue weighted by molar-refractivity contribution is 4.70. The van der Waals surface area contributed by atoms with Gasteiger partial charge in [-0.05, 0) is 13.8 Å². The average molecular weight is 501 g/mol. The summed E-state index contributed by atoms with van der Waals surface area (Å²) in [5.74, 6) is -0.603. The van der Waals surface area contributed by atoms with Crippen LogP contribution < -0.4 is 0 Å². The van der Waals surface area contributed by atoms with Crippen LogP contribution in [-0.2, 0) is 47.4 Å². The maximum absolute atomic E-state index is 9.34. The molecule has 12 heteroatoms. The molecule has 2 unspecified atom stereocenters. The van der Waals surface area contributed by atoms with Crippen LogP contribution in [0.4, 0.5) is 0 Å². The molecule has 1 fully saturated rings. The summed E-state index contributed by atoms with van der Waals surface area (Å²) in [5.41, 5.74) is 0. The summed E-state index contributed by atoms with van der Waals surface area (Å²) in [7, 11) is 0. The van der Waals surface area contributed by atoms with Crippen LogP contribution in [0.1, 0.15) is 13.8 Å². The van der Waals surface area contributed by atoms with E-state index in [9.17, 15) is 5.11 Å². The molecule has 34 heavy (non-hydrogen) atoms. The molecule has 0 radical (unpaired) electrons. The quantitative estimate of drug-likeness (QED) is 0.125. The normalized spacial score (nSPS) is 18.5. The Bertz CT molecular complexity index is 440. The molecular formula is C22H44O12. The van der Waals surface area contributed by atoms with Crippen molar-refractivity contribution >= 4 is 0 Å². The van der Waals surface area contributed by atoms with Crippen molar-refractivity contribution in [1.29, 1.82) is 0 Å². The van der Waals surface area contributed by atoms with Gasteiger partial charge in [-0.3, -0.25) is 0 Å². The van der Waals surface area contributed by atoms with E-state index in [-0.39, 0.29) is 25.9 Å². The summed E-state index contributed by atoms with van der Waals surface area (Å²) in [5, 5.41) is 17.9. The first-order chi connectivity index (χ1) is 16.6. The van der Waals surface area contributed by atoms with Gasteiger partial charge in [0.05, 0.1) is 112 Å². The highest BCUT2D eigenvalue weighted by Crippen LogP contribution is 2.22. The van der Waals surface area contributed by atoms with Crippen LogP contribution >= 0.6 is 0 Å². The highest BCUT2D eigenvalue weighted by Gasteiger charge is 2.33. The van der Waals surface area contributed by atoms with E-state index in [0.717, 1.165) is 0 Å². The van der Waals surface area contributed by atoms with E-state index in [1.807, 2.05) is 13.8 Å². The predicted octanol–water partition coefficient (Wildman–Crippen LogP) is -0.419. The van der Waals surface area contributed by atoms with Crippen molar-refractivity contribution in [3.05, 3.63) is 0 Å². The third-order valence-corrected chi connectivity index (χ3v) is 4.31. The van der Waals surface area contributed by atoms with E-state index in [4.69, 9.17) is 52.5 Å². The molecule has 12 nitrogen and oxygen atoms in total. The number of hydrogen-bond acceptors (Lipinski definition) is 12. The first-order valence-corrected chi connectivity index (χ1v) is 11.8. The minimum absolute atomic E-state index is 0.0214. The minimum atomic E-state index is -0.724. The SMILES string of the molecule is CC1(C)OCC(COC(CO)OCCOCCOCCOCCOCCOCCOCCO)O1. The van der Waals surface area contributed by atoms with E-state index in [0.29, 0.717) is 92.5 Å². The Hall–Kier alpha value is -0.480. The number of aliphatic hydroxyl groups is 2. The third kappa shape index (κ3) is 18.8. The van der Waals surface area contributed by atoms with Crippen molar-refractivity contribution in [3.63, 3.8) is 0 Å². The molecule has 0 aromatic rings. The van der Waals surface area contributed by atoms with Gasteiger partial charge in [-0.1, -0.05) is 0 Å². The van der Waals surface area contributed by atoms with Crippen molar-refractivity contribution in [2.45, 2.75) is 32.0 Å². The molecule has 0 aromatic heterocycles. The molecule has 1 rings (SSSR count). The second-order valence-corrected chi connectivity index (χ2v) is 7.66. The Kier molecular flexibility index (Phi) is 20.2. The topological polar surface area (TPSA) is 133 Å². The highest BCUT2D eigenvalue weighted by atomic mass is 16.8. The molecular weight excluding hydrogens is 456 g/mol. The van der Waals surface area contributed by atoms with Crippen molar-refractivity contribution in [2.75, 3.05) is 112 Å². The fraction of sp³-hybridized carbons (Fsp3) is 1.00. The molecule has 1 aliphatic heterocycles. The molecule has 1 aliphatic rings. The van der Waals surface area contributed by atoms with Gasteiger partial charge in [0, 0.05) is 0 Å². The Morgan fingerprint density at radius 3 is 1.50 bits per heavy atom. The third-order valence-electron chi connectivity index (χ3n) is 4.31. The molecule has 0 bridgehead atoms. The van der Waals surface area contributed by atoms with Crippen LogP contribution in [0.5, 0.6) is 0 Å². The average Bonchev–Trinajstić information content (AvgIpc) is 3.18. The molecule has 1 saturated heterocycles. The van der Waals surface area contributed by atoms with Crippen LogP contribution in [0, 0.1) is 0 Å². The van der Waals surface area contributed by atoms with Crippen LogP contribution in [0.2, 0.25) is 0 Å². The molecule has 2 atom stereocenters. The van der Waals surface area contributed by atoms with Gasteiger partial charge >= 0.3 is 0 Å². The van der Waals surface area contributed by atoms with Crippen LogP contribution in [0.3, 0.4) is 0 Å². The lowest BCUT2D eigenvalue weighted by Crippen LogP contribution is -2.30. The van der Waals surface area contributed by atoms with Gasteiger partial charge in [0.1, 0.15) is 6.10 Å². The van der Waals surface area contributed by atoms with Gasteiger partial charge in [0.25, 0.3) is 0 Å². The van der Waals surface area contributed by atoms with E-state index in [1.165, 1.54) is 0 Å². The van der Waals surface area contributed by atoms with Gasteiger partial charge in [-0.2, -0.15) is 0 Å². The summed E-state index contributed by atoms with van der Waals surface area (Å²) in [4.78, 5) is 0. The number of hydrogen-bond donors (Lipinski definition) is 2. The molecule has 1 heterocycles. The minimum Gasteiger partial charge on any atom is -0.394 e. The zero-order valence-corrected chi connectivity index (χ0v) is 20.7. The van der Waals surface area contributed by atoms with E-state index >= 15 is 0 Å². The fourth-order valence-electron chi connectivity index (χ4n) is 2.72. The second kappa shape index (κ2) is 21.8. The van der Waals surface area contributed by atoms with Gasteiger partial charge in [0.2, 0.25) is 0 Å². The van der Waals surface area contributed by atoms with Crippen LogP contribution in [-0.4, -0.2) is 141 Å². The summed E-state index contributed by atoms with van der Waals surface area (Å²) in [6.07, 6.45) is -0.899. The predicted molar refractivity (Wildman–Crippen MR) is 120 cm³/mol. The lowest BCUT2D eigenvalue weighted by molar-refractivity contribution is -0.193. The lowest BCUT2D eigenvalue weighted by atomic mass is 10.4. The maximum atomic E-state index is 9.34. The van der Waals surface area contributed by atoms with Crippen molar-refractivity contribution < 1.29 is 57.6 Å². The van der Waals surface area contributed by atoms with Gasteiger partial charge in [0.15, 0.2) is 12.1 Å². The number of aliphatic hydroxyl groups excluding tert-OH is 2. The Morgan fingerprint density at radius 1 is 0.676 bits per heavy atom. The second-order valence-electron chi connectivity index (χ2n) is 7.66. The Morgan fingerprint density at radius 2 is 1.12 bits per heavy atom. The van der Waals surface area contributed by atoms with Crippen molar-refractivity contribution in [2.24, 2.45) is 0 Å². The van der Waals surface area contributed by atoms with Crippen LogP contribution in [0.15, 0.2) is 0 Å². The molecule has 0 aromatic carbocycles. The smallest absolute Gasteiger partial charge is 0.180 e. The summed E-state index contributed by atoms with van der Waals surface area (Å²) in [6.45, 7) is 9.95. The zero-order chi connectivity index (χ0) is 24.7. The van der Waals surface area contributed by atoms with E-state index in [2.05, 4.69) is 0 Å². The lowest BCUT2D eigenvalue weighted by Gasteiger charge is -2.20. The molecule has 0 saturated carbocycles. The standard InChI is InChI=1S/C22H44O12/c1-22(2)33-19-20(34-22)18-32-21(17-24)31-16-15-30-14-13-29-12-11-28-10-9-27-8-7-26-6-5-25-4-3-23/h20-21,23-24H,3-19H2,1-2H3.